The van der Waals surface area contributed by atoms with Gasteiger partial charge in [0.05, 0.1) is 0 Å². The molecule has 1 atom stereocenters. The van der Waals surface area contributed by atoms with Gasteiger partial charge in [-0.05, 0) is 19.3 Å². The Hall–Kier alpha value is -1.05. The van der Waals surface area contributed by atoms with Gasteiger partial charge < -0.3 is 4.98 Å². The minimum atomic E-state index is 0.164. The third-order valence-electron chi connectivity index (χ3n) is 2.34. The fourth-order valence-corrected chi connectivity index (χ4v) is 1.56. The Balaban J connectivity index is 2.95. The van der Waals surface area contributed by atoms with Crippen LogP contribution in [0.4, 0.5) is 0 Å². The lowest BCUT2D eigenvalue weighted by atomic mass is 9.98. The molecular weight excluding hydrogens is 162 g/mol. The molecule has 1 N–H and O–H groups in total. The smallest absolute Gasteiger partial charge is 0.185 e. The zero-order valence-corrected chi connectivity index (χ0v) is 8.55. The number of aromatic nitrogens is 1. The molecule has 1 aromatic heterocycles. The third-order valence-corrected chi connectivity index (χ3v) is 2.34. The molecule has 0 amide bonds. The Morgan fingerprint density at radius 1 is 1.54 bits per heavy atom. The predicted octanol–water partition coefficient (Wildman–Crippen LogP) is 2.59. The maximum absolute atomic E-state index is 11.5. The van der Waals surface area contributed by atoms with Crippen LogP contribution in [0.1, 0.15) is 43.9 Å². The van der Waals surface area contributed by atoms with Crippen molar-refractivity contribution >= 4 is 0 Å². The van der Waals surface area contributed by atoms with Crippen molar-refractivity contribution in [3.05, 3.63) is 33.7 Å². The fraction of sp³-hybridized carbons (Fsp3) is 0.545. The van der Waals surface area contributed by atoms with Gasteiger partial charge >= 0.3 is 0 Å². The number of aryl methyl sites for hydroxylation is 1. The van der Waals surface area contributed by atoms with Gasteiger partial charge in [-0.1, -0.05) is 20.3 Å². The van der Waals surface area contributed by atoms with Crippen molar-refractivity contribution in [3.8, 4) is 0 Å². The number of rotatable bonds is 3. The topological polar surface area (TPSA) is 32.9 Å². The first kappa shape index (κ1) is 10.0. The van der Waals surface area contributed by atoms with Crippen molar-refractivity contribution in [2.45, 2.75) is 39.5 Å². The first-order valence-electron chi connectivity index (χ1n) is 4.84. The Morgan fingerprint density at radius 3 is 2.77 bits per heavy atom. The summed E-state index contributed by atoms with van der Waals surface area (Å²) in [5, 5.41) is 0. The number of pyridine rings is 1. The number of aromatic amines is 1. The second kappa shape index (κ2) is 4.26. The SMILES string of the molecule is CCCC(C)c1c[nH]c(C)cc1=O. The Labute approximate surface area is 79.0 Å². The van der Waals surface area contributed by atoms with E-state index in [2.05, 4.69) is 18.8 Å². The van der Waals surface area contributed by atoms with Gasteiger partial charge in [0, 0.05) is 23.5 Å². The molecular formula is C11H17NO. The highest BCUT2D eigenvalue weighted by atomic mass is 16.1. The monoisotopic (exact) mass is 179 g/mol. The second-order valence-electron chi connectivity index (χ2n) is 3.63. The summed E-state index contributed by atoms with van der Waals surface area (Å²) < 4.78 is 0. The molecule has 0 radical (unpaired) electrons. The summed E-state index contributed by atoms with van der Waals surface area (Å²) >= 11 is 0. The van der Waals surface area contributed by atoms with Crippen molar-refractivity contribution in [3.63, 3.8) is 0 Å². The molecule has 2 heteroatoms. The molecule has 0 saturated heterocycles. The Bertz CT molecular complexity index is 327. The van der Waals surface area contributed by atoms with Gasteiger partial charge in [-0.25, -0.2) is 0 Å². The maximum atomic E-state index is 11.5. The van der Waals surface area contributed by atoms with Crippen LogP contribution >= 0.6 is 0 Å². The average Bonchev–Trinajstić information content (AvgIpc) is 2.04. The van der Waals surface area contributed by atoms with Gasteiger partial charge in [0.1, 0.15) is 0 Å². The molecule has 0 aromatic carbocycles. The predicted molar refractivity (Wildman–Crippen MR) is 55.1 cm³/mol. The molecule has 72 valence electrons. The summed E-state index contributed by atoms with van der Waals surface area (Å²) in [4.78, 5) is 14.6. The van der Waals surface area contributed by atoms with Crippen LogP contribution in [-0.2, 0) is 0 Å². The second-order valence-corrected chi connectivity index (χ2v) is 3.63. The van der Waals surface area contributed by atoms with Crippen LogP contribution in [0.3, 0.4) is 0 Å². The Kier molecular flexibility index (Phi) is 3.29. The standard InChI is InChI=1S/C11H17NO/c1-4-5-8(2)10-7-12-9(3)6-11(10)13/h6-8H,4-5H2,1-3H3,(H,12,13). The highest BCUT2D eigenvalue weighted by Crippen LogP contribution is 2.15. The molecule has 0 aliphatic heterocycles. The molecule has 0 spiro atoms. The van der Waals surface area contributed by atoms with E-state index in [4.69, 9.17) is 0 Å². The first-order valence-corrected chi connectivity index (χ1v) is 4.84. The molecule has 1 unspecified atom stereocenters. The summed E-state index contributed by atoms with van der Waals surface area (Å²) in [6, 6.07) is 1.67. The zero-order valence-electron chi connectivity index (χ0n) is 8.55. The fourth-order valence-electron chi connectivity index (χ4n) is 1.56. The van der Waals surface area contributed by atoms with Gasteiger partial charge in [-0.2, -0.15) is 0 Å². The minimum Gasteiger partial charge on any atom is -0.365 e. The summed E-state index contributed by atoms with van der Waals surface area (Å²) in [6.45, 7) is 6.14. The summed E-state index contributed by atoms with van der Waals surface area (Å²) in [5.41, 5.74) is 2.00. The number of H-pyrrole nitrogens is 1. The van der Waals surface area contributed by atoms with E-state index in [0.717, 1.165) is 24.1 Å². The summed E-state index contributed by atoms with van der Waals surface area (Å²) in [5.74, 6) is 0.370. The first-order chi connectivity index (χ1) is 6.15. The lowest BCUT2D eigenvalue weighted by Crippen LogP contribution is -2.11. The van der Waals surface area contributed by atoms with Crippen LogP contribution in [0.5, 0.6) is 0 Å². The van der Waals surface area contributed by atoms with Crippen molar-refractivity contribution in [2.24, 2.45) is 0 Å². The molecule has 0 aliphatic carbocycles. The highest BCUT2D eigenvalue weighted by molar-refractivity contribution is 5.17. The van der Waals surface area contributed by atoms with E-state index in [1.807, 2.05) is 13.1 Å². The van der Waals surface area contributed by atoms with E-state index < -0.39 is 0 Å². The van der Waals surface area contributed by atoms with E-state index in [9.17, 15) is 4.79 Å². The normalized spacial score (nSPS) is 12.8. The van der Waals surface area contributed by atoms with E-state index in [1.54, 1.807) is 6.07 Å². The highest BCUT2D eigenvalue weighted by Gasteiger charge is 2.07. The van der Waals surface area contributed by atoms with Crippen LogP contribution in [0.15, 0.2) is 17.1 Å². The molecule has 0 saturated carbocycles. The van der Waals surface area contributed by atoms with E-state index in [1.165, 1.54) is 0 Å². The minimum absolute atomic E-state index is 0.164. The lowest BCUT2D eigenvalue weighted by molar-refractivity contribution is 0.658. The maximum Gasteiger partial charge on any atom is 0.185 e. The summed E-state index contributed by atoms with van der Waals surface area (Å²) in [7, 11) is 0. The largest absolute Gasteiger partial charge is 0.365 e. The van der Waals surface area contributed by atoms with Gasteiger partial charge in [0.25, 0.3) is 0 Å². The molecule has 1 rings (SSSR count). The molecule has 13 heavy (non-hydrogen) atoms. The van der Waals surface area contributed by atoms with Gasteiger partial charge in [-0.15, -0.1) is 0 Å². The lowest BCUT2D eigenvalue weighted by Gasteiger charge is -2.09. The third kappa shape index (κ3) is 2.44. The molecule has 0 aliphatic rings. The van der Waals surface area contributed by atoms with Crippen molar-refractivity contribution in [2.75, 3.05) is 0 Å². The average molecular weight is 179 g/mol. The van der Waals surface area contributed by atoms with Crippen LogP contribution in [0.2, 0.25) is 0 Å². The molecule has 0 fully saturated rings. The Morgan fingerprint density at radius 2 is 2.23 bits per heavy atom. The molecule has 1 aromatic rings. The summed E-state index contributed by atoms with van der Waals surface area (Å²) in [6.07, 6.45) is 4.04. The van der Waals surface area contributed by atoms with Gasteiger partial charge in [-0.3, -0.25) is 4.79 Å². The quantitative estimate of drug-likeness (QED) is 0.760. The molecule has 1 heterocycles. The zero-order chi connectivity index (χ0) is 9.84. The van der Waals surface area contributed by atoms with E-state index >= 15 is 0 Å². The van der Waals surface area contributed by atoms with Crippen LogP contribution < -0.4 is 5.43 Å². The number of nitrogens with one attached hydrogen (secondary N) is 1. The van der Waals surface area contributed by atoms with Crippen molar-refractivity contribution in [1.82, 2.24) is 4.98 Å². The number of hydrogen-bond acceptors (Lipinski definition) is 1. The van der Waals surface area contributed by atoms with E-state index in [0.29, 0.717) is 5.92 Å². The van der Waals surface area contributed by atoms with Crippen molar-refractivity contribution < 1.29 is 0 Å². The van der Waals surface area contributed by atoms with Crippen LogP contribution in [0.25, 0.3) is 0 Å². The van der Waals surface area contributed by atoms with Crippen LogP contribution in [0, 0.1) is 6.92 Å². The number of hydrogen-bond donors (Lipinski definition) is 1. The van der Waals surface area contributed by atoms with Gasteiger partial charge in [0.15, 0.2) is 5.43 Å². The van der Waals surface area contributed by atoms with Crippen molar-refractivity contribution in [1.29, 1.82) is 0 Å². The molecule has 2 nitrogen and oxygen atoms in total. The van der Waals surface area contributed by atoms with Gasteiger partial charge in [0.2, 0.25) is 0 Å². The van der Waals surface area contributed by atoms with Crippen LogP contribution in [-0.4, -0.2) is 4.98 Å². The molecule has 0 bridgehead atoms. The van der Waals surface area contributed by atoms with E-state index in [-0.39, 0.29) is 5.43 Å².